The van der Waals surface area contributed by atoms with E-state index in [2.05, 4.69) is 0 Å². The Balaban J connectivity index is 2.78. The van der Waals surface area contributed by atoms with Crippen LogP contribution in [0.25, 0.3) is 10.1 Å². The second-order valence-corrected chi connectivity index (χ2v) is 4.16. The fourth-order valence-electron chi connectivity index (χ4n) is 1.30. The van der Waals surface area contributed by atoms with Crippen molar-refractivity contribution in [3.05, 3.63) is 22.5 Å². The van der Waals surface area contributed by atoms with Crippen LogP contribution in [-0.2, 0) is 0 Å². The van der Waals surface area contributed by atoms with Crippen LogP contribution in [0.5, 0.6) is 5.75 Å². The molecule has 0 atom stereocenters. The molecular weight excluding hydrogens is 222 g/mol. The van der Waals surface area contributed by atoms with Gasteiger partial charge in [-0.25, -0.2) is 0 Å². The fraction of sp³-hybridized carbons (Fsp3) is 0. The highest BCUT2D eigenvalue weighted by molar-refractivity contribution is 7.19. The predicted octanol–water partition coefficient (Wildman–Crippen LogP) is 0.940. The SMILES string of the molecule is OB(O)c1csc2c(Cl)cc(O)cc12. The van der Waals surface area contributed by atoms with Crippen LogP contribution in [0.2, 0.25) is 5.02 Å². The van der Waals surface area contributed by atoms with E-state index >= 15 is 0 Å². The normalized spacial score (nSPS) is 10.8. The Morgan fingerprint density at radius 1 is 1.29 bits per heavy atom. The molecule has 0 saturated heterocycles. The van der Waals surface area contributed by atoms with Gasteiger partial charge in [0.1, 0.15) is 5.75 Å². The van der Waals surface area contributed by atoms with Crippen LogP contribution in [0.4, 0.5) is 0 Å². The van der Waals surface area contributed by atoms with Crippen LogP contribution in [-0.4, -0.2) is 22.3 Å². The molecule has 1 heterocycles. The Morgan fingerprint density at radius 3 is 2.64 bits per heavy atom. The van der Waals surface area contributed by atoms with E-state index in [-0.39, 0.29) is 5.75 Å². The zero-order valence-corrected chi connectivity index (χ0v) is 8.51. The van der Waals surface area contributed by atoms with Gasteiger partial charge >= 0.3 is 7.12 Å². The molecule has 3 nitrogen and oxygen atoms in total. The van der Waals surface area contributed by atoms with Crippen molar-refractivity contribution in [2.45, 2.75) is 0 Å². The first kappa shape index (κ1) is 9.80. The minimum absolute atomic E-state index is 0.0165. The molecule has 2 aromatic rings. The molecule has 14 heavy (non-hydrogen) atoms. The van der Waals surface area contributed by atoms with Gasteiger partial charge in [-0.15, -0.1) is 11.3 Å². The number of rotatable bonds is 1. The summed E-state index contributed by atoms with van der Waals surface area (Å²) in [6.07, 6.45) is 0. The van der Waals surface area contributed by atoms with Crippen molar-refractivity contribution in [3.8, 4) is 5.75 Å². The highest BCUT2D eigenvalue weighted by atomic mass is 35.5. The standard InChI is InChI=1S/C8H6BClO3S/c10-7-2-4(11)1-5-6(9(12)13)3-14-8(5)7/h1-3,11-13H. The lowest BCUT2D eigenvalue weighted by Gasteiger charge is -1.99. The third-order valence-electron chi connectivity index (χ3n) is 1.92. The van der Waals surface area contributed by atoms with Gasteiger partial charge in [0.2, 0.25) is 0 Å². The number of phenolic OH excluding ortho intramolecular Hbond substituents is 1. The van der Waals surface area contributed by atoms with Gasteiger partial charge in [-0.3, -0.25) is 0 Å². The molecular formula is C8H6BClO3S. The molecule has 0 aliphatic rings. The monoisotopic (exact) mass is 228 g/mol. The van der Waals surface area contributed by atoms with E-state index in [4.69, 9.17) is 21.6 Å². The summed E-state index contributed by atoms with van der Waals surface area (Å²) >= 11 is 7.18. The Hall–Kier alpha value is -0.745. The van der Waals surface area contributed by atoms with Gasteiger partial charge in [-0.1, -0.05) is 11.6 Å². The minimum atomic E-state index is -1.54. The molecule has 0 aliphatic heterocycles. The van der Waals surface area contributed by atoms with Crippen molar-refractivity contribution in [2.75, 3.05) is 0 Å². The summed E-state index contributed by atoms with van der Waals surface area (Å²) in [5.41, 5.74) is 0.364. The third kappa shape index (κ3) is 1.48. The Bertz CT molecular complexity index is 483. The summed E-state index contributed by atoms with van der Waals surface area (Å²) in [7, 11) is -1.54. The Labute approximate surface area is 89.3 Å². The molecule has 0 amide bonds. The number of hydrogen-bond acceptors (Lipinski definition) is 4. The molecule has 0 bridgehead atoms. The summed E-state index contributed by atoms with van der Waals surface area (Å²) in [5.74, 6) is 0.0165. The number of halogens is 1. The van der Waals surface area contributed by atoms with Crippen molar-refractivity contribution < 1.29 is 15.2 Å². The number of benzene rings is 1. The van der Waals surface area contributed by atoms with Crippen LogP contribution >= 0.6 is 22.9 Å². The maximum Gasteiger partial charge on any atom is 0.489 e. The number of hydrogen-bond donors (Lipinski definition) is 3. The van der Waals surface area contributed by atoms with Gasteiger partial charge < -0.3 is 15.2 Å². The van der Waals surface area contributed by atoms with E-state index < -0.39 is 7.12 Å². The first-order valence-electron chi connectivity index (χ1n) is 3.85. The molecule has 0 unspecified atom stereocenters. The molecule has 0 radical (unpaired) electrons. The van der Waals surface area contributed by atoms with Gasteiger partial charge in [0, 0.05) is 5.46 Å². The number of aromatic hydroxyl groups is 1. The maximum atomic E-state index is 9.29. The molecule has 0 aliphatic carbocycles. The molecule has 3 N–H and O–H groups in total. The summed E-state index contributed by atoms with van der Waals surface area (Å²) < 4.78 is 0.743. The fourth-order valence-corrected chi connectivity index (χ4v) is 2.62. The lowest BCUT2D eigenvalue weighted by atomic mass is 9.80. The lowest BCUT2D eigenvalue weighted by Crippen LogP contribution is -2.28. The molecule has 2 rings (SSSR count). The highest BCUT2D eigenvalue weighted by Gasteiger charge is 2.18. The second-order valence-electron chi connectivity index (χ2n) is 2.87. The van der Waals surface area contributed by atoms with E-state index in [1.165, 1.54) is 23.5 Å². The average molecular weight is 228 g/mol. The molecule has 0 fully saturated rings. The van der Waals surface area contributed by atoms with Gasteiger partial charge in [0.05, 0.1) is 9.72 Å². The van der Waals surface area contributed by atoms with Crippen molar-refractivity contribution >= 4 is 45.6 Å². The van der Waals surface area contributed by atoms with Crippen molar-refractivity contribution in [1.29, 1.82) is 0 Å². The lowest BCUT2D eigenvalue weighted by molar-refractivity contribution is 0.426. The van der Waals surface area contributed by atoms with Crippen molar-refractivity contribution in [1.82, 2.24) is 0 Å². The molecule has 0 saturated carbocycles. The molecule has 6 heteroatoms. The van der Waals surface area contributed by atoms with Gasteiger partial charge in [0.25, 0.3) is 0 Å². The number of thiophene rings is 1. The average Bonchev–Trinajstić information content (AvgIpc) is 2.47. The summed E-state index contributed by atoms with van der Waals surface area (Å²) in [6, 6.07) is 2.89. The topological polar surface area (TPSA) is 60.7 Å². The van der Waals surface area contributed by atoms with E-state index in [1.807, 2.05) is 0 Å². The number of fused-ring (bicyclic) bond motifs is 1. The largest absolute Gasteiger partial charge is 0.508 e. The predicted molar refractivity (Wildman–Crippen MR) is 58.3 cm³/mol. The van der Waals surface area contributed by atoms with E-state index in [1.54, 1.807) is 5.38 Å². The van der Waals surface area contributed by atoms with E-state index in [0.29, 0.717) is 15.9 Å². The Morgan fingerprint density at radius 2 is 2.00 bits per heavy atom. The second kappa shape index (κ2) is 3.44. The maximum absolute atomic E-state index is 9.29. The van der Waals surface area contributed by atoms with E-state index in [0.717, 1.165) is 4.70 Å². The van der Waals surface area contributed by atoms with Crippen LogP contribution in [0, 0.1) is 0 Å². The highest BCUT2D eigenvalue weighted by Crippen LogP contribution is 2.31. The quantitative estimate of drug-likeness (QED) is 0.637. The first-order chi connectivity index (χ1) is 6.59. The van der Waals surface area contributed by atoms with Crippen molar-refractivity contribution in [2.24, 2.45) is 0 Å². The van der Waals surface area contributed by atoms with Gasteiger partial charge in [0.15, 0.2) is 0 Å². The van der Waals surface area contributed by atoms with Crippen LogP contribution < -0.4 is 5.46 Å². The molecule has 1 aromatic carbocycles. The summed E-state index contributed by atoms with van der Waals surface area (Å²) in [4.78, 5) is 0. The van der Waals surface area contributed by atoms with Crippen LogP contribution in [0.15, 0.2) is 17.5 Å². The molecule has 0 spiro atoms. The third-order valence-corrected chi connectivity index (χ3v) is 3.38. The van der Waals surface area contributed by atoms with Gasteiger partial charge in [-0.05, 0) is 22.9 Å². The van der Waals surface area contributed by atoms with Gasteiger partial charge in [-0.2, -0.15) is 0 Å². The zero-order chi connectivity index (χ0) is 10.3. The summed E-state index contributed by atoms with van der Waals surface area (Å²) in [6.45, 7) is 0. The number of phenols is 1. The molecule has 72 valence electrons. The van der Waals surface area contributed by atoms with Crippen molar-refractivity contribution in [3.63, 3.8) is 0 Å². The summed E-state index contributed by atoms with van der Waals surface area (Å²) in [5, 5.41) is 30.0. The first-order valence-corrected chi connectivity index (χ1v) is 5.11. The van der Waals surface area contributed by atoms with Crippen LogP contribution in [0.1, 0.15) is 0 Å². The Kier molecular flexibility index (Phi) is 2.40. The van der Waals surface area contributed by atoms with Crippen LogP contribution in [0.3, 0.4) is 0 Å². The smallest absolute Gasteiger partial charge is 0.489 e. The van der Waals surface area contributed by atoms with E-state index in [9.17, 15) is 5.11 Å². The minimum Gasteiger partial charge on any atom is -0.508 e. The molecule has 1 aromatic heterocycles. The zero-order valence-electron chi connectivity index (χ0n) is 6.94.